The van der Waals surface area contributed by atoms with Crippen LogP contribution >= 0.6 is 0 Å². The minimum absolute atomic E-state index is 0.0543. The van der Waals surface area contributed by atoms with Gasteiger partial charge in [0.2, 0.25) is 0 Å². The number of nitrogens with two attached hydrogens (primary N) is 1. The predicted molar refractivity (Wildman–Crippen MR) is 57.8 cm³/mol. The zero-order valence-electron chi connectivity index (χ0n) is 8.80. The summed E-state index contributed by atoms with van der Waals surface area (Å²) in [5, 5.41) is 9.14. The fourth-order valence-electron chi connectivity index (χ4n) is 1.68. The predicted octanol–water partition coefficient (Wildman–Crippen LogP) is 0.672. The molecule has 5 heteroatoms. The molecule has 1 aliphatic rings. The molecule has 86 valence electrons. The number of hydrogen-bond donors (Lipinski definition) is 2. The molecule has 1 aliphatic heterocycles. The molecule has 0 bridgehead atoms. The Bertz CT molecular complexity index is 377. The van der Waals surface area contributed by atoms with Crippen molar-refractivity contribution in [3.63, 3.8) is 0 Å². The lowest BCUT2D eigenvalue weighted by Crippen LogP contribution is -2.38. The van der Waals surface area contributed by atoms with Crippen LogP contribution in [0.3, 0.4) is 0 Å². The molecule has 16 heavy (non-hydrogen) atoms. The van der Waals surface area contributed by atoms with E-state index in [-0.39, 0.29) is 17.9 Å². The molecule has 0 spiro atoms. The van der Waals surface area contributed by atoms with Gasteiger partial charge in [-0.1, -0.05) is 12.1 Å². The summed E-state index contributed by atoms with van der Waals surface area (Å²) in [5.41, 5.74) is 6.49. The van der Waals surface area contributed by atoms with Gasteiger partial charge in [-0.05, 0) is 17.7 Å². The number of benzene rings is 1. The standard InChI is InChI=1S/C11H14N2O3/c12-5-9-7-16-11(15)13(9)6-8-1-3-10(14)4-2-8/h1-4,9,14H,5-7,12H2. The molecule has 0 saturated carbocycles. The number of carbonyl (C=O) groups is 1. The number of phenols is 1. The van der Waals surface area contributed by atoms with Gasteiger partial charge in [0.1, 0.15) is 12.4 Å². The first kappa shape index (κ1) is 10.8. The summed E-state index contributed by atoms with van der Waals surface area (Å²) in [7, 11) is 0. The highest BCUT2D eigenvalue weighted by atomic mass is 16.6. The minimum atomic E-state index is -0.330. The van der Waals surface area contributed by atoms with Crippen LogP contribution in [0.25, 0.3) is 0 Å². The average Bonchev–Trinajstić information content (AvgIpc) is 2.63. The zero-order valence-corrected chi connectivity index (χ0v) is 8.80. The maximum atomic E-state index is 11.4. The van der Waals surface area contributed by atoms with Gasteiger partial charge >= 0.3 is 6.09 Å². The van der Waals surface area contributed by atoms with Gasteiger partial charge in [-0.15, -0.1) is 0 Å². The number of nitrogens with zero attached hydrogens (tertiary/aromatic N) is 1. The van der Waals surface area contributed by atoms with Crippen molar-refractivity contribution in [2.24, 2.45) is 5.73 Å². The average molecular weight is 222 g/mol. The van der Waals surface area contributed by atoms with Crippen LogP contribution in [0, 0.1) is 0 Å². The minimum Gasteiger partial charge on any atom is -0.508 e. The van der Waals surface area contributed by atoms with Crippen molar-refractivity contribution >= 4 is 6.09 Å². The number of amides is 1. The SMILES string of the molecule is NCC1COC(=O)N1Cc1ccc(O)cc1. The first-order valence-electron chi connectivity index (χ1n) is 5.12. The van der Waals surface area contributed by atoms with Crippen molar-refractivity contribution < 1.29 is 14.6 Å². The van der Waals surface area contributed by atoms with E-state index in [1.807, 2.05) is 0 Å². The van der Waals surface area contributed by atoms with Gasteiger partial charge in [0.15, 0.2) is 0 Å². The summed E-state index contributed by atoms with van der Waals surface area (Å²) in [6.45, 7) is 1.21. The maximum absolute atomic E-state index is 11.4. The second kappa shape index (κ2) is 4.40. The largest absolute Gasteiger partial charge is 0.508 e. The Morgan fingerprint density at radius 1 is 1.44 bits per heavy atom. The first-order valence-corrected chi connectivity index (χ1v) is 5.12. The van der Waals surface area contributed by atoms with Crippen LogP contribution in [-0.2, 0) is 11.3 Å². The number of ether oxygens (including phenoxy) is 1. The normalized spacial score (nSPS) is 19.9. The molecular weight excluding hydrogens is 208 g/mol. The van der Waals surface area contributed by atoms with Gasteiger partial charge in [0.05, 0.1) is 6.04 Å². The number of rotatable bonds is 3. The molecule has 2 rings (SSSR count). The fourth-order valence-corrected chi connectivity index (χ4v) is 1.68. The van der Waals surface area contributed by atoms with Gasteiger partial charge in [0.25, 0.3) is 0 Å². The van der Waals surface area contributed by atoms with Gasteiger partial charge in [0, 0.05) is 13.1 Å². The van der Waals surface area contributed by atoms with E-state index in [2.05, 4.69) is 0 Å². The molecule has 0 radical (unpaired) electrons. The van der Waals surface area contributed by atoms with Crippen LogP contribution in [0.2, 0.25) is 0 Å². The Labute approximate surface area is 93.4 Å². The summed E-state index contributed by atoms with van der Waals surface area (Å²) < 4.78 is 4.92. The highest BCUT2D eigenvalue weighted by Gasteiger charge is 2.31. The molecule has 1 fully saturated rings. The summed E-state index contributed by atoms with van der Waals surface area (Å²) in [6.07, 6.45) is -0.330. The molecule has 3 N–H and O–H groups in total. The number of cyclic esters (lactones) is 1. The van der Waals surface area contributed by atoms with Crippen molar-refractivity contribution in [3.05, 3.63) is 29.8 Å². The molecular formula is C11H14N2O3. The van der Waals surface area contributed by atoms with Crippen LogP contribution in [0.1, 0.15) is 5.56 Å². The molecule has 1 saturated heterocycles. The summed E-state index contributed by atoms with van der Waals surface area (Å²) in [5.74, 6) is 0.211. The van der Waals surface area contributed by atoms with Gasteiger partial charge in [-0.25, -0.2) is 4.79 Å². The summed E-state index contributed by atoms with van der Waals surface area (Å²) >= 11 is 0. The van der Waals surface area contributed by atoms with E-state index >= 15 is 0 Å². The highest BCUT2D eigenvalue weighted by Crippen LogP contribution is 2.17. The Balaban J connectivity index is 2.08. The maximum Gasteiger partial charge on any atom is 0.410 e. The molecule has 1 heterocycles. The van der Waals surface area contributed by atoms with Gasteiger partial charge in [-0.2, -0.15) is 0 Å². The third kappa shape index (κ3) is 2.09. The van der Waals surface area contributed by atoms with Crippen LogP contribution in [0.15, 0.2) is 24.3 Å². The topological polar surface area (TPSA) is 75.8 Å². The van der Waals surface area contributed by atoms with E-state index in [1.54, 1.807) is 29.2 Å². The van der Waals surface area contributed by atoms with E-state index in [9.17, 15) is 4.79 Å². The van der Waals surface area contributed by atoms with Crippen LogP contribution in [-0.4, -0.2) is 35.3 Å². The quantitative estimate of drug-likeness (QED) is 0.788. The lowest BCUT2D eigenvalue weighted by Gasteiger charge is -2.19. The Morgan fingerprint density at radius 2 is 2.12 bits per heavy atom. The lowest BCUT2D eigenvalue weighted by molar-refractivity contribution is 0.156. The van der Waals surface area contributed by atoms with E-state index in [1.165, 1.54) is 0 Å². The molecule has 5 nitrogen and oxygen atoms in total. The second-order valence-corrected chi connectivity index (χ2v) is 3.76. The molecule has 1 amide bonds. The number of phenolic OH excluding ortho intramolecular Hbond substituents is 1. The van der Waals surface area contributed by atoms with E-state index in [0.29, 0.717) is 19.7 Å². The van der Waals surface area contributed by atoms with E-state index in [4.69, 9.17) is 15.6 Å². The summed E-state index contributed by atoms with van der Waals surface area (Å²) in [4.78, 5) is 13.0. The molecule has 1 unspecified atom stereocenters. The van der Waals surface area contributed by atoms with E-state index < -0.39 is 0 Å². The van der Waals surface area contributed by atoms with Crippen LogP contribution in [0.5, 0.6) is 5.75 Å². The zero-order chi connectivity index (χ0) is 11.5. The van der Waals surface area contributed by atoms with Crippen LogP contribution < -0.4 is 5.73 Å². The van der Waals surface area contributed by atoms with Crippen LogP contribution in [0.4, 0.5) is 4.79 Å². The molecule has 1 atom stereocenters. The number of carbonyl (C=O) groups excluding carboxylic acids is 1. The van der Waals surface area contributed by atoms with Crippen molar-refractivity contribution in [1.29, 1.82) is 0 Å². The van der Waals surface area contributed by atoms with Crippen molar-refractivity contribution in [3.8, 4) is 5.75 Å². The van der Waals surface area contributed by atoms with Crippen molar-refractivity contribution in [1.82, 2.24) is 4.90 Å². The highest BCUT2D eigenvalue weighted by molar-refractivity contribution is 5.70. The van der Waals surface area contributed by atoms with Gasteiger partial charge < -0.3 is 15.6 Å². The Kier molecular flexibility index (Phi) is 2.96. The first-order chi connectivity index (χ1) is 7.70. The van der Waals surface area contributed by atoms with E-state index in [0.717, 1.165) is 5.56 Å². The molecule has 1 aromatic rings. The smallest absolute Gasteiger partial charge is 0.410 e. The number of hydrogen-bond acceptors (Lipinski definition) is 4. The van der Waals surface area contributed by atoms with Crippen molar-refractivity contribution in [2.45, 2.75) is 12.6 Å². The molecule has 1 aromatic carbocycles. The third-order valence-electron chi connectivity index (χ3n) is 2.64. The Morgan fingerprint density at radius 3 is 2.75 bits per heavy atom. The van der Waals surface area contributed by atoms with Gasteiger partial charge in [-0.3, -0.25) is 4.90 Å². The van der Waals surface area contributed by atoms with Crippen molar-refractivity contribution in [2.75, 3.05) is 13.2 Å². The third-order valence-corrected chi connectivity index (χ3v) is 2.64. The lowest BCUT2D eigenvalue weighted by atomic mass is 10.2. The monoisotopic (exact) mass is 222 g/mol. The summed E-state index contributed by atoms with van der Waals surface area (Å²) in [6, 6.07) is 6.67. The fraction of sp³-hybridized carbons (Fsp3) is 0.364. The molecule has 0 aliphatic carbocycles. The number of aromatic hydroxyl groups is 1. The Hall–Kier alpha value is -1.75. The second-order valence-electron chi connectivity index (χ2n) is 3.76. The molecule has 0 aromatic heterocycles.